The average Bonchev–Trinajstić information content (AvgIpc) is 2.39. The van der Waals surface area contributed by atoms with Gasteiger partial charge in [-0.3, -0.25) is 14.3 Å². The summed E-state index contributed by atoms with van der Waals surface area (Å²) in [5.74, 6) is -0.628. The van der Waals surface area contributed by atoms with E-state index in [2.05, 4.69) is 26.6 Å². The fraction of sp³-hybridized carbons (Fsp3) is 0.273. The van der Waals surface area contributed by atoms with Crippen molar-refractivity contribution in [2.24, 2.45) is 0 Å². The highest BCUT2D eigenvalue weighted by Crippen LogP contribution is 2.23. The summed E-state index contributed by atoms with van der Waals surface area (Å²) in [7, 11) is -0.260. The molecule has 4 N–H and O–H groups in total. The van der Waals surface area contributed by atoms with E-state index in [0.29, 0.717) is 15.1 Å². The maximum absolute atomic E-state index is 12.2. The van der Waals surface area contributed by atoms with Crippen molar-refractivity contribution in [3.63, 3.8) is 0 Å². The van der Waals surface area contributed by atoms with Crippen LogP contribution in [0.4, 0.5) is 10.5 Å². The van der Waals surface area contributed by atoms with Gasteiger partial charge in [0.1, 0.15) is 5.25 Å². The van der Waals surface area contributed by atoms with E-state index in [1.54, 1.807) is 18.2 Å². The molecule has 0 heterocycles. The SMILES string of the molecule is CNC(=O)NC(=O)C(C)S(=O)c1cc(Br)ccc1N. The van der Waals surface area contributed by atoms with Gasteiger partial charge in [-0.25, -0.2) is 4.79 Å². The van der Waals surface area contributed by atoms with Crippen LogP contribution in [0.1, 0.15) is 6.92 Å². The zero-order valence-corrected chi connectivity index (χ0v) is 12.8. The van der Waals surface area contributed by atoms with E-state index < -0.39 is 28.0 Å². The van der Waals surface area contributed by atoms with Crippen LogP contribution >= 0.6 is 15.9 Å². The summed E-state index contributed by atoms with van der Waals surface area (Å²) in [6.45, 7) is 1.47. The molecule has 2 atom stereocenters. The lowest BCUT2D eigenvalue weighted by Crippen LogP contribution is -2.43. The number of hydrogen-bond donors (Lipinski definition) is 3. The normalized spacial score (nSPS) is 13.4. The van der Waals surface area contributed by atoms with Gasteiger partial charge in [-0.1, -0.05) is 15.9 Å². The Hall–Kier alpha value is -1.41. The van der Waals surface area contributed by atoms with E-state index in [9.17, 15) is 13.8 Å². The maximum atomic E-state index is 12.2. The third kappa shape index (κ3) is 4.03. The number of nitrogens with one attached hydrogen (secondary N) is 2. The first-order chi connectivity index (χ1) is 8.86. The van der Waals surface area contributed by atoms with Crippen molar-refractivity contribution in [3.05, 3.63) is 22.7 Å². The van der Waals surface area contributed by atoms with E-state index in [1.807, 2.05) is 0 Å². The molecule has 0 saturated carbocycles. The largest absolute Gasteiger partial charge is 0.398 e. The number of carbonyl (C=O) groups excluding carboxylic acids is 2. The number of hydrogen-bond acceptors (Lipinski definition) is 4. The third-order valence-electron chi connectivity index (χ3n) is 2.35. The first-order valence-electron chi connectivity index (χ1n) is 5.35. The van der Waals surface area contributed by atoms with E-state index in [-0.39, 0.29) is 0 Å². The molecule has 6 nitrogen and oxygen atoms in total. The first-order valence-corrected chi connectivity index (χ1v) is 7.35. The molecular formula is C11H14BrN3O3S. The minimum atomic E-state index is -1.65. The van der Waals surface area contributed by atoms with Crippen molar-refractivity contribution in [1.82, 2.24) is 10.6 Å². The van der Waals surface area contributed by atoms with Gasteiger partial charge in [0.05, 0.1) is 15.7 Å². The van der Waals surface area contributed by atoms with Crippen LogP contribution in [0.5, 0.6) is 0 Å². The van der Waals surface area contributed by atoms with E-state index in [4.69, 9.17) is 5.73 Å². The van der Waals surface area contributed by atoms with Gasteiger partial charge in [0.2, 0.25) is 5.91 Å². The van der Waals surface area contributed by atoms with Gasteiger partial charge < -0.3 is 11.1 Å². The zero-order valence-electron chi connectivity index (χ0n) is 10.4. The van der Waals surface area contributed by atoms with Gasteiger partial charge in [0.15, 0.2) is 0 Å². The lowest BCUT2D eigenvalue weighted by atomic mass is 10.3. The van der Waals surface area contributed by atoms with E-state index in [1.165, 1.54) is 14.0 Å². The standard InChI is InChI=1S/C11H14BrN3O3S/c1-6(10(16)15-11(17)14-2)19(18)9-5-7(12)3-4-8(9)13/h3-6H,13H2,1-2H3,(H2,14,15,16,17). The molecule has 1 aromatic carbocycles. The minimum absolute atomic E-state index is 0.334. The highest BCUT2D eigenvalue weighted by atomic mass is 79.9. The molecule has 104 valence electrons. The van der Waals surface area contributed by atoms with Crippen LogP contribution in [-0.4, -0.2) is 28.4 Å². The predicted octanol–water partition coefficient (Wildman–Crippen LogP) is 0.983. The zero-order chi connectivity index (χ0) is 14.6. The first kappa shape index (κ1) is 15.6. The van der Waals surface area contributed by atoms with Crippen molar-refractivity contribution < 1.29 is 13.8 Å². The van der Waals surface area contributed by atoms with Crippen LogP contribution in [0.25, 0.3) is 0 Å². The number of imide groups is 1. The third-order valence-corrected chi connectivity index (χ3v) is 4.48. The van der Waals surface area contributed by atoms with Crippen molar-refractivity contribution in [1.29, 1.82) is 0 Å². The highest BCUT2D eigenvalue weighted by Gasteiger charge is 2.24. The fourth-order valence-corrected chi connectivity index (χ4v) is 2.94. The van der Waals surface area contributed by atoms with Gasteiger partial charge in [0.25, 0.3) is 0 Å². The van der Waals surface area contributed by atoms with E-state index in [0.717, 1.165) is 0 Å². The van der Waals surface area contributed by atoms with Gasteiger partial charge in [-0.05, 0) is 25.1 Å². The molecule has 19 heavy (non-hydrogen) atoms. The van der Waals surface area contributed by atoms with Crippen molar-refractivity contribution in [2.75, 3.05) is 12.8 Å². The molecule has 0 aromatic heterocycles. The molecule has 0 aliphatic heterocycles. The van der Waals surface area contributed by atoms with Crippen molar-refractivity contribution in [2.45, 2.75) is 17.1 Å². The lowest BCUT2D eigenvalue weighted by molar-refractivity contribution is -0.119. The Morgan fingerprint density at radius 1 is 1.42 bits per heavy atom. The van der Waals surface area contributed by atoms with E-state index >= 15 is 0 Å². The smallest absolute Gasteiger partial charge is 0.321 e. The second-order valence-corrected chi connectivity index (χ2v) is 6.35. The van der Waals surface area contributed by atoms with Gasteiger partial charge in [0, 0.05) is 17.2 Å². The summed E-state index contributed by atoms with van der Waals surface area (Å²) in [6, 6.07) is 4.26. The lowest BCUT2D eigenvalue weighted by Gasteiger charge is -2.13. The molecule has 3 amide bonds. The quantitative estimate of drug-likeness (QED) is 0.709. The van der Waals surface area contributed by atoms with Crippen molar-refractivity contribution >= 4 is 44.4 Å². The summed E-state index contributed by atoms with van der Waals surface area (Å²) in [4.78, 5) is 23.1. The Bertz CT molecular complexity index is 536. The number of halogens is 1. The monoisotopic (exact) mass is 347 g/mol. The topological polar surface area (TPSA) is 101 Å². The molecule has 0 saturated heterocycles. The number of nitrogens with two attached hydrogens (primary N) is 1. The number of amides is 3. The average molecular weight is 348 g/mol. The Labute approximate surface area is 121 Å². The van der Waals surface area contributed by atoms with Gasteiger partial charge in [-0.2, -0.15) is 0 Å². The summed E-state index contributed by atoms with van der Waals surface area (Å²) < 4.78 is 13.0. The Morgan fingerprint density at radius 2 is 2.05 bits per heavy atom. The number of benzene rings is 1. The number of carbonyl (C=O) groups is 2. The molecule has 0 fully saturated rings. The molecule has 0 aliphatic rings. The molecule has 1 aromatic rings. The van der Waals surface area contributed by atoms with Gasteiger partial charge in [-0.15, -0.1) is 0 Å². The van der Waals surface area contributed by atoms with Crippen LogP contribution in [0.3, 0.4) is 0 Å². The molecule has 0 bridgehead atoms. The summed E-state index contributed by atoms with van der Waals surface area (Å²) >= 11 is 3.25. The number of urea groups is 1. The molecule has 8 heteroatoms. The Morgan fingerprint density at radius 3 is 2.63 bits per heavy atom. The summed E-state index contributed by atoms with van der Waals surface area (Å²) in [5.41, 5.74) is 6.07. The molecule has 0 radical (unpaired) electrons. The van der Waals surface area contributed by atoms with Crippen molar-refractivity contribution in [3.8, 4) is 0 Å². The second kappa shape index (κ2) is 6.67. The molecule has 0 aliphatic carbocycles. The Balaban J connectivity index is 2.90. The van der Waals surface area contributed by atoms with Crippen LogP contribution in [0, 0.1) is 0 Å². The molecule has 2 unspecified atom stereocenters. The molecule has 0 spiro atoms. The number of anilines is 1. The van der Waals surface area contributed by atoms with Crippen LogP contribution in [-0.2, 0) is 15.6 Å². The minimum Gasteiger partial charge on any atom is -0.398 e. The maximum Gasteiger partial charge on any atom is 0.321 e. The van der Waals surface area contributed by atoms with Crippen LogP contribution in [0.15, 0.2) is 27.6 Å². The predicted molar refractivity (Wildman–Crippen MR) is 77.0 cm³/mol. The van der Waals surface area contributed by atoms with Crippen LogP contribution < -0.4 is 16.4 Å². The summed E-state index contributed by atoms with van der Waals surface area (Å²) in [5, 5.41) is 3.43. The van der Waals surface area contributed by atoms with Gasteiger partial charge >= 0.3 is 6.03 Å². The molecule has 1 rings (SSSR count). The second-order valence-electron chi connectivity index (χ2n) is 3.69. The summed E-state index contributed by atoms with van der Waals surface area (Å²) in [6.07, 6.45) is 0. The highest BCUT2D eigenvalue weighted by molar-refractivity contribution is 9.10. The number of rotatable bonds is 3. The fourth-order valence-electron chi connectivity index (χ4n) is 1.25. The Kier molecular flexibility index (Phi) is 5.49. The molecular weight excluding hydrogens is 334 g/mol. The van der Waals surface area contributed by atoms with Crippen LogP contribution in [0.2, 0.25) is 0 Å². The number of nitrogen functional groups attached to an aromatic ring is 1.